The summed E-state index contributed by atoms with van der Waals surface area (Å²) in [7, 11) is 1.22. The van der Waals surface area contributed by atoms with Gasteiger partial charge in [0.25, 0.3) is 0 Å². The number of nitrogens with one attached hydrogen (secondary N) is 2. The van der Waals surface area contributed by atoms with Gasteiger partial charge in [0.15, 0.2) is 11.9 Å². The van der Waals surface area contributed by atoms with Crippen LogP contribution in [0.5, 0.6) is 0 Å². The van der Waals surface area contributed by atoms with Crippen molar-refractivity contribution in [1.29, 1.82) is 0 Å². The van der Waals surface area contributed by atoms with Crippen LogP contribution in [0.4, 0.5) is 4.79 Å². The molecule has 1 aromatic rings. The predicted molar refractivity (Wildman–Crippen MR) is 97.4 cm³/mol. The Hall–Kier alpha value is -1.63. The van der Waals surface area contributed by atoms with Crippen LogP contribution in [0.1, 0.15) is 33.3 Å². The zero-order valence-corrected chi connectivity index (χ0v) is 16.1. The number of carbonyl (C=O) groups is 2. The molecule has 0 unspecified atom stereocenters. The van der Waals surface area contributed by atoms with Gasteiger partial charge in [-0.15, -0.1) is 11.6 Å². The van der Waals surface area contributed by atoms with Crippen molar-refractivity contribution in [3.63, 3.8) is 0 Å². The molecule has 0 aliphatic heterocycles. The standard InChI is InChI=1S/C18H27ClN2O4/c1-16(2,3)18(12-22,20-15(24)25-5)21-17(4,14(23)11-19)13-9-7-6-8-10-13/h6-10,12,14,21,23H,11H2,1-5H3,(H,20,24)/t14-,17-,18-/m0/s1. The number of halogens is 1. The molecule has 1 rings (SSSR count). The summed E-state index contributed by atoms with van der Waals surface area (Å²) in [4.78, 5) is 24.0. The molecule has 1 aromatic carbocycles. The summed E-state index contributed by atoms with van der Waals surface area (Å²) in [6.07, 6.45) is -1.16. The van der Waals surface area contributed by atoms with Gasteiger partial charge < -0.3 is 9.84 Å². The largest absolute Gasteiger partial charge is 0.453 e. The van der Waals surface area contributed by atoms with E-state index in [0.717, 1.165) is 5.56 Å². The Morgan fingerprint density at radius 3 is 2.24 bits per heavy atom. The normalized spacial score (nSPS) is 17.7. The number of ether oxygens (including phenoxy) is 1. The number of aliphatic hydroxyl groups excluding tert-OH is 1. The third-order valence-electron chi connectivity index (χ3n) is 4.49. The lowest BCUT2D eigenvalue weighted by molar-refractivity contribution is -0.122. The van der Waals surface area contributed by atoms with Gasteiger partial charge in [0, 0.05) is 5.41 Å². The molecule has 0 radical (unpaired) electrons. The summed E-state index contributed by atoms with van der Waals surface area (Å²) in [5, 5.41) is 16.3. The minimum Gasteiger partial charge on any atom is -0.453 e. The SMILES string of the molecule is COC(=O)N[C@@](C=O)(N[C@@](C)(c1ccccc1)[C@@H](O)CCl)C(C)(C)C. The van der Waals surface area contributed by atoms with Crippen LogP contribution in [-0.4, -0.2) is 42.2 Å². The maximum Gasteiger partial charge on any atom is 0.408 e. The monoisotopic (exact) mass is 370 g/mol. The van der Waals surface area contributed by atoms with Gasteiger partial charge in [-0.05, 0) is 12.5 Å². The van der Waals surface area contributed by atoms with Crippen LogP contribution in [0.15, 0.2) is 30.3 Å². The van der Waals surface area contributed by atoms with Gasteiger partial charge in [-0.25, -0.2) is 4.79 Å². The zero-order chi connectivity index (χ0) is 19.3. The van der Waals surface area contributed by atoms with Crippen molar-refractivity contribution < 1.29 is 19.4 Å². The molecule has 25 heavy (non-hydrogen) atoms. The minimum atomic E-state index is -1.50. The number of benzene rings is 1. The molecule has 3 atom stereocenters. The van der Waals surface area contributed by atoms with Gasteiger partial charge in [0.2, 0.25) is 0 Å². The van der Waals surface area contributed by atoms with Crippen LogP contribution in [0.2, 0.25) is 0 Å². The molecule has 1 amide bonds. The molecular formula is C18H27ClN2O4. The number of rotatable bonds is 7. The molecule has 3 N–H and O–H groups in total. The molecule has 0 spiro atoms. The topological polar surface area (TPSA) is 87.7 Å². The Morgan fingerprint density at radius 2 is 1.84 bits per heavy atom. The molecule has 6 nitrogen and oxygen atoms in total. The van der Waals surface area contributed by atoms with E-state index in [-0.39, 0.29) is 5.88 Å². The number of aliphatic hydroxyl groups is 1. The number of alkyl halides is 1. The molecule has 0 aromatic heterocycles. The number of methoxy groups -OCH3 is 1. The van der Waals surface area contributed by atoms with E-state index < -0.39 is 28.8 Å². The third-order valence-corrected chi connectivity index (χ3v) is 4.78. The fraction of sp³-hybridized carbons (Fsp3) is 0.556. The Morgan fingerprint density at radius 1 is 1.28 bits per heavy atom. The second-order valence-corrected chi connectivity index (χ2v) is 7.46. The molecule has 0 aliphatic rings. The summed E-state index contributed by atoms with van der Waals surface area (Å²) < 4.78 is 4.67. The van der Waals surface area contributed by atoms with Crippen molar-refractivity contribution in [3.8, 4) is 0 Å². The predicted octanol–water partition coefficient (Wildman–Crippen LogP) is 2.39. The van der Waals surface area contributed by atoms with Crippen molar-refractivity contribution in [2.24, 2.45) is 5.41 Å². The van der Waals surface area contributed by atoms with E-state index >= 15 is 0 Å². The highest BCUT2D eigenvalue weighted by Crippen LogP contribution is 2.34. The second kappa shape index (κ2) is 8.17. The summed E-state index contributed by atoms with van der Waals surface area (Å²) in [5.41, 5.74) is -2.61. The molecule has 0 fully saturated rings. The van der Waals surface area contributed by atoms with Gasteiger partial charge in [0.1, 0.15) is 0 Å². The molecular weight excluding hydrogens is 344 g/mol. The van der Waals surface area contributed by atoms with E-state index in [2.05, 4.69) is 15.4 Å². The van der Waals surface area contributed by atoms with Gasteiger partial charge in [-0.1, -0.05) is 51.1 Å². The van der Waals surface area contributed by atoms with E-state index in [1.807, 2.05) is 30.3 Å². The molecule has 0 saturated heterocycles. The highest BCUT2D eigenvalue weighted by molar-refractivity contribution is 6.18. The Kier molecular flexibility index (Phi) is 6.99. The quantitative estimate of drug-likeness (QED) is 0.389. The van der Waals surface area contributed by atoms with Crippen molar-refractivity contribution in [3.05, 3.63) is 35.9 Å². The van der Waals surface area contributed by atoms with Crippen molar-refractivity contribution in [2.45, 2.75) is 45.0 Å². The zero-order valence-electron chi connectivity index (χ0n) is 15.3. The van der Waals surface area contributed by atoms with Crippen molar-refractivity contribution in [2.75, 3.05) is 13.0 Å². The Balaban J connectivity index is 3.47. The lowest BCUT2D eigenvalue weighted by Gasteiger charge is -2.48. The lowest BCUT2D eigenvalue weighted by atomic mass is 9.77. The van der Waals surface area contributed by atoms with Crippen LogP contribution in [-0.2, 0) is 15.1 Å². The van der Waals surface area contributed by atoms with Crippen LogP contribution >= 0.6 is 11.6 Å². The third kappa shape index (κ3) is 4.51. The van der Waals surface area contributed by atoms with E-state index in [1.54, 1.807) is 27.7 Å². The Bertz CT molecular complexity index is 590. The minimum absolute atomic E-state index is 0.0598. The van der Waals surface area contributed by atoms with Crippen LogP contribution < -0.4 is 10.6 Å². The van der Waals surface area contributed by atoms with Crippen LogP contribution in [0, 0.1) is 5.41 Å². The van der Waals surface area contributed by atoms with Gasteiger partial charge in [0.05, 0.1) is 24.6 Å². The number of amides is 1. The average molecular weight is 371 g/mol. The second-order valence-electron chi connectivity index (χ2n) is 7.16. The molecule has 0 heterocycles. The molecule has 0 saturated carbocycles. The van der Waals surface area contributed by atoms with E-state index in [0.29, 0.717) is 6.29 Å². The first-order chi connectivity index (χ1) is 11.6. The van der Waals surface area contributed by atoms with Crippen LogP contribution in [0.3, 0.4) is 0 Å². The van der Waals surface area contributed by atoms with Gasteiger partial charge >= 0.3 is 6.09 Å². The molecule has 0 aliphatic carbocycles. The smallest absolute Gasteiger partial charge is 0.408 e. The molecule has 7 heteroatoms. The Labute approximate surface area is 153 Å². The van der Waals surface area contributed by atoms with Gasteiger partial charge in [-0.3, -0.25) is 15.4 Å². The maximum atomic E-state index is 12.1. The molecule has 140 valence electrons. The van der Waals surface area contributed by atoms with E-state index in [4.69, 9.17) is 11.6 Å². The first kappa shape index (κ1) is 21.4. The lowest BCUT2D eigenvalue weighted by Crippen LogP contribution is -2.73. The summed E-state index contributed by atoms with van der Waals surface area (Å²) in [5.74, 6) is -0.0598. The van der Waals surface area contributed by atoms with E-state index in [9.17, 15) is 14.7 Å². The van der Waals surface area contributed by atoms with Crippen molar-refractivity contribution >= 4 is 24.0 Å². The summed E-state index contributed by atoms with van der Waals surface area (Å²) >= 11 is 5.92. The first-order valence-corrected chi connectivity index (χ1v) is 8.51. The van der Waals surface area contributed by atoms with Crippen LogP contribution in [0.25, 0.3) is 0 Å². The van der Waals surface area contributed by atoms with Gasteiger partial charge in [-0.2, -0.15) is 0 Å². The summed E-state index contributed by atoms with van der Waals surface area (Å²) in [6, 6.07) is 9.13. The fourth-order valence-electron chi connectivity index (χ4n) is 2.55. The number of carbonyl (C=O) groups excluding carboxylic acids is 2. The first-order valence-electron chi connectivity index (χ1n) is 7.97. The number of alkyl carbamates (subject to hydrolysis) is 1. The van der Waals surface area contributed by atoms with Crippen molar-refractivity contribution in [1.82, 2.24) is 10.6 Å². The number of hydrogen-bond acceptors (Lipinski definition) is 5. The maximum absolute atomic E-state index is 12.1. The fourth-order valence-corrected chi connectivity index (χ4v) is 2.86. The average Bonchev–Trinajstić information content (AvgIpc) is 2.59. The number of hydrogen-bond donors (Lipinski definition) is 3. The highest BCUT2D eigenvalue weighted by Gasteiger charge is 2.50. The summed E-state index contributed by atoms with van der Waals surface area (Å²) in [6.45, 7) is 7.12. The van der Waals surface area contributed by atoms with E-state index in [1.165, 1.54) is 7.11 Å². The highest BCUT2D eigenvalue weighted by atomic mass is 35.5. The molecule has 0 bridgehead atoms. The number of aldehydes is 1.